The van der Waals surface area contributed by atoms with Crippen LogP contribution in [0.15, 0.2) is 14.1 Å². The summed E-state index contributed by atoms with van der Waals surface area (Å²) >= 11 is 4.61. The molecule has 0 bridgehead atoms. The van der Waals surface area contributed by atoms with E-state index < -0.39 is 10.0 Å². The number of thiophene rings is 1. The minimum absolute atomic E-state index is 0. The van der Waals surface area contributed by atoms with E-state index in [0.717, 1.165) is 35.3 Å². The lowest BCUT2D eigenvalue weighted by Gasteiger charge is -2.23. The third-order valence-electron chi connectivity index (χ3n) is 2.76. The fourth-order valence-corrected chi connectivity index (χ4v) is 5.33. The van der Waals surface area contributed by atoms with Crippen LogP contribution >= 0.6 is 39.7 Å². The summed E-state index contributed by atoms with van der Waals surface area (Å²) in [5.41, 5.74) is 0.959. The maximum Gasteiger partial charge on any atom is 0.250 e. The van der Waals surface area contributed by atoms with E-state index in [2.05, 4.69) is 26.0 Å². The molecule has 104 valence electrons. The van der Waals surface area contributed by atoms with E-state index in [4.69, 9.17) is 0 Å². The smallest absolute Gasteiger partial charge is 0.250 e. The molecular formula is C10H16BrClN2O2S2. The first-order valence-corrected chi connectivity index (χ1v) is 8.57. The molecule has 8 heteroatoms. The molecule has 1 aromatic rings. The molecule has 18 heavy (non-hydrogen) atoms. The molecule has 0 atom stereocenters. The third kappa shape index (κ3) is 3.91. The Morgan fingerprint density at radius 2 is 2.06 bits per heavy atom. The maximum absolute atomic E-state index is 12.1. The van der Waals surface area contributed by atoms with Crippen LogP contribution in [0.4, 0.5) is 0 Å². The van der Waals surface area contributed by atoms with Crippen LogP contribution in [0.5, 0.6) is 0 Å². The van der Waals surface area contributed by atoms with Gasteiger partial charge in [0.15, 0.2) is 0 Å². The van der Waals surface area contributed by atoms with Gasteiger partial charge >= 0.3 is 0 Å². The van der Waals surface area contributed by atoms with Crippen LogP contribution in [0.1, 0.15) is 18.4 Å². The number of hydrogen-bond acceptors (Lipinski definition) is 4. The number of sulfonamides is 1. The molecule has 2 heterocycles. The number of aryl methyl sites for hydroxylation is 1. The molecule has 1 saturated heterocycles. The molecule has 0 saturated carbocycles. The SMILES string of the molecule is Cc1cc(S(=O)(=O)NC2CCNCC2)sc1Br.Cl. The van der Waals surface area contributed by atoms with Crippen molar-refractivity contribution in [2.45, 2.75) is 30.0 Å². The number of rotatable bonds is 3. The van der Waals surface area contributed by atoms with E-state index in [0.29, 0.717) is 4.21 Å². The Morgan fingerprint density at radius 3 is 2.56 bits per heavy atom. The summed E-state index contributed by atoms with van der Waals surface area (Å²) in [7, 11) is -3.35. The lowest BCUT2D eigenvalue weighted by Crippen LogP contribution is -2.42. The van der Waals surface area contributed by atoms with E-state index in [1.54, 1.807) is 6.07 Å². The van der Waals surface area contributed by atoms with Crippen LogP contribution in [0, 0.1) is 6.92 Å². The van der Waals surface area contributed by atoms with Crippen molar-refractivity contribution in [1.82, 2.24) is 10.0 Å². The van der Waals surface area contributed by atoms with Gasteiger partial charge in [-0.05, 0) is 60.4 Å². The first-order chi connectivity index (χ1) is 7.99. The minimum atomic E-state index is -3.35. The van der Waals surface area contributed by atoms with Crippen LogP contribution in [0.3, 0.4) is 0 Å². The van der Waals surface area contributed by atoms with Crippen LogP contribution < -0.4 is 10.0 Å². The third-order valence-corrected chi connectivity index (χ3v) is 6.89. The molecule has 0 amide bonds. The average Bonchev–Trinajstić information content (AvgIpc) is 2.61. The molecule has 1 fully saturated rings. The Hall–Kier alpha value is 0.340. The van der Waals surface area contributed by atoms with Gasteiger partial charge in [-0.1, -0.05) is 0 Å². The van der Waals surface area contributed by atoms with Crippen LogP contribution in [0.25, 0.3) is 0 Å². The topological polar surface area (TPSA) is 58.2 Å². The maximum atomic E-state index is 12.1. The Kier molecular flexibility index (Phi) is 6.08. The van der Waals surface area contributed by atoms with Gasteiger partial charge in [0.05, 0.1) is 3.79 Å². The standard InChI is InChI=1S/C10H15BrN2O2S2.ClH/c1-7-6-9(16-10(7)11)17(14,15)13-8-2-4-12-5-3-8;/h6,8,12-13H,2-5H2,1H3;1H. The van der Waals surface area contributed by atoms with E-state index in [9.17, 15) is 8.42 Å². The first kappa shape index (κ1) is 16.4. The van der Waals surface area contributed by atoms with Crippen LogP contribution in [0.2, 0.25) is 0 Å². The van der Waals surface area contributed by atoms with Crippen molar-refractivity contribution in [3.05, 3.63) is 15.4 Å². The summed E-state index contributed by atoms with van der Waals surface area (Å²) in [6.45, 7) is 3.64. The van der Waals surface area contributed by atoms with E-state index in [-0.39, 0.29) is 18.4 Å². The Bertz CT molecular complexity index is 478. The predicted molar refractivity (Wildman–Crippen MR) is 80.2 cm³/mol. The molecule has 0 aromatic carbocycles. The minimum Gasteiger partial charge on any atom is -0.317 e. The van der Waals surface area contributed by atoms with Gasteiger partial charge < -0.3 is 5.32 Å². The largest absolute Gasteiger partial charge is 0.317 e. The van der Waals surface area contributed by atoms with Gasteiger partial charge in [-0.3, -0.25) is 0 Å². The highest BCUT2D eigenvalue weighted by molar-refractivity contribution is 9.11. The second-order valence-electron chi connectivity index (χ2n) is 4.17. The summed E-state index contributed by atoms with van der Waals surface area (Å²) in [6.07, 6.45) is 1.70. The molecule has 1 aliphatic heterocycles. The van der Waals surface area contributed by atoms with Crippen molar-refractivity contribution >= 4 is 49.7 Å². The normalized spacial score (nSPS) is 17.4. The monoisotopic (exact) mass is 374 g/mol. The number of halogens is 2. The van der Waals surface area contributed by atoms with E-state index in [1.165, 1.54) is 11.3 Å². The van der Waals surface area contributed by atoms with Gasteiger partial charge in [0, 0.05) is 6.04 Å². The van der Waals surface area contributed by atoms with Gasteiger partial charge in [-0.15, -0.1) is 23.7 Å². The molecule has 2 N–H and O–H groups in total. The van der Waals surface area contributed by atoms with E-state index >= 15 is 0 Å². The Labute approximate surface area is 126 Å². The fourth-order valence-electron chi connectivity index (χ4n) is 1.78. The highest BCUT2D eigenvalue weighted by Crippen LogP contribution is 2.30. The van der Waals surface area contributed by atoms with Crippen molar-refractivity contribution in [2.75, 3.05) is 13.1 Å². The number of nitrogens with one attached hydrogen (secondary N) is 2. The first-order valence-electron chi connectivity index (χ1n) is 5.48. The van der Waals surface area contributed by atoms with Gasteiger partial charge in [0.1, 0.15) is 4.21 Å². The molecule has 4 nitrogen and oxygen atoms in total. The number of piperidine rings is 1. The Morgan fingerprint density at radius 1 is 1.44 bits per heavy atom. The zero-order valence-electron chi connectivity index (χ0n) is 9.90. The highest BCUT2D eigenvalue weighted by atomic mass is 79.9. The second-order valence-corrected chi connectivity index (χ2v) is 8.48. The molecule has 1 aromatic heterocycles. The van der Waals surface area contributed by atoms with Crippen molar-refractivity contribution in [1.29, 1.82) is 0 Å². The average molecular weight is 376 g/mol. The van der Waals surface area contributed by atoms with Gasteiger partial charge in [0.25, 0.3) is 0 Å². The lowest BCUT2D eigenvalue weighted by atomic mass is 10.1. The quantitative estimate of drug-likeness (QED) is 0.852. The molecule has 0 aliphatic carbocycles. The second kappa shape index (κ2) is 6.67. The van der Waals surface area contributed by atoms with Crippen LogP contribution in [-0.4, -0.2) is 27.5 Å². The summed E-state index contributed by atoms with van der Waals surface area (Å²) in [6, 6.07) is 1.76. The molecule has 0 radical (unpaired) electrons. The molecule has 0 unspecified atom stereocenters. The van der Waals surface area contributed by atoms with Gasteiger partial charge in [-0.2, -0.15) is 0 Å². The molecular weight excluding hydrogens is 360 g/mol. The van der Waals surface area contributed by atoms with Crippen molar-refractivity contribution < 1.29 is 8.42 Å². The van der Waals surface area contributed by atoms with Crippen molar-refractivity contribution in [2.24, 2.45) is 0 Å². The highest BCUT2D eigenvalue weighted by Gasteiger charge is 2.23. The zero-order chi connectivity index (χ0) is 12.5. The van der Waals surface area contributed by atoms with Gasteiger partial charge in [0.2, 0.25) is 10.0 Å². The van der Waals surface area contributed by atoms with Crippen molar-refractivity contribution in [3.8, 4) is 0 Å². The summed E-state index contributed by atoms with van der Waals surface area (Å²) in [4.78, 5) is 0. The van der Waals surface area contributed by atoms with Crippen molar-refractivity contribution in [3.63, 3.8) is 0 Å². The van der Waals surface area contributed by atoms with Crippen LogP contribution in [-0.2, 0) is 10.0 Å². The summed E-state index contributed by atoms with van der Waals surface area (Å²) < 4.78 is 28.3. The molecule has 0 spiro atoms. The summed E-state index contributed by atoms with van der Waals surface area (Å²) in [5.74, 6) is 0. The van der Waals surface area contributed by atoms with E-state index in [1.807, 2.05) is 6.92 Å². The number of hydrogen-bond donors (Lipinski definition) is 2. The lowest BCUT2D eigenvalue weighted by molar-refractivity contribution is 0.427. The molecule has 2 rings (SSSR count). The Balaban J connectivity index is 0.00000162. The molecule has 1 aliphatic rings. The fraction of sp³-hybridized carbons (Fsp3) is 0.600. The predicted octanol–water partition coefficient (Wildman–Crippen LogP) is 2.27. The summed E-state index contributed by atoms with van der Waals surface area (Å²) in [5, 5.41) is 3.21. The zero-order valence-corrected chi connectivity index (χ0v) is 13.9. The van der Waals surface area contributed by atoms with Gasteiger partial charge in [-0.25, -0.2) is 13.1 Å².